The fourth-order valence-electron chi connectivity index (χ4n) is 3.50. The Kier molecular flexibility index (Phi) is 5.98. The molecular weight excluding hydrogens is 578 g/mol. The minimum absolute atomic E-state index is 0.0139. The van der Waals surface area contributed by atoms with E-state index in [1.165, 1.54) is 0 Å². The first-order valence-corrected chi connectivity index (χ1v) is 10.6. The Morgan fingerprint density at radius 3 is 2.17 bits per heavy atom. The van der Waals surface area contributed by atoms with Gasteiger partial charge in [-0.1, -0.05) is 63.7 Å². The second-order valence-corrected chi connectivity index (χ2v) is 11.1. The normalized spacial score (nSPS) is 34.6. The number of carbonyl (C=O) groups is 1. The van der Waals surface area contributed by atoms with Crippen LogP contribution in [0.2, 0.25) is 0 Å². The molecule has 24 heavy (non-hydrogen) atoms. The highest BCUT2D eigenvalue weighted by atomic mass is 79.9. The predicted octanol–water partition coefficient (Wildman–Crippen LogP) is 4.80. The molecular formula is C15H21Br4NO4. The summed E-state index contributed by atoms with van der Waals surface area (Å²) in [5, 5.41) is 2.85. The summed E-state index contributed by atoms with van der Waals surface area (Å²) in [4.78, 5) is 12.0. The summed E-state index contributed by atoms with van der Waals surface area (Å²) in [5.74, 6) is -0.947. The molecule has 9 heteroatoms. The first kappa shape index (κ1) is 21.2. The zero-order chi connectivity index (χ0) is 18.6. The molecule has 5 nitrogen and oxygen atoms in total. The molecule has 2 aliphatic rings. The summed E-state index contributed by atoms with van der Waals surface area (Å²) in [7, 11) is 3.23. The van der Waals surface area contributed by atoms with Crippen LogP contribution in [0.1, 0.15) is 27.2 Å². The molecule has 0 spiro atoms. The number of halogens is 4. The highest BCUT2D eigenvalue weighted by molar-refractivity contribution is 9.16. The van der Waals surface area contributed by atoms with Crippen LogP contribution in [0.4, 0.5) is 4.79 Å². The highest BCUT2D eigenvalue weighted by Crippen LogP contribution is 2.73. The lowest BCUT2D eigenvalue weighted by molar-refractivity contribution is -0.213. The second kappa shape index (κ2) is 6.78. The molecule has 0 heterocycles. The predicted molar refractivity (Wildman–Crippen MR) is 107 cm³/mol. The number of ether oxygens (including phenoxy) is 3. The molecule has 1 saturated carbocycles. The van der Waals surface area contributed by atoms with Gasteiger partial charge in [-0.3, -0.25) is 0 Å². The van der Waals surface area contributed by atoms with Crippen LogP contribution < -0.4 is 5.32 Å². The van der Waals surface area contributed by atoms with E-state index >= 15 is 0 Å². The number of rotatable bonds is 4. The van der Waals surface area contributed by atoms with E-state index in [9.17, 15) is 4.79 Å². The van der Waals surface area contributed by atoms with Crippen LogP contribution in [-0.2, 0) is 14.2 Å². The van der Waals surface area contributed by atoms with Crippen molar-refractivity contribution in [3.8, 4) is 0 Å². The molecule has 138 valence electrons. The monoisotopic (exact) mass is 595 g/mol. The maximum absolute atomic E-state index is 12.0. The van der Waals surface area contributed by atoms with Crippen molar-refractivity contribution in [2.24, 2.45) is 5.92 Å². The Bertz CT molecular complexity index is 572. The van der Waals surface area contributed by atoms with E-state index in [2.05, 4.69) is 69.0 Å². The van der Waals surface area contributed by atoms with Gasteiger partial charge in [-0.05, 0) is 27.2 Å². The number of amides is 1. The number of carbonyl (C=O) groups excluding carboxylic acids is 1. The van der Waals surface area contributed by atoms with E-state index in [0.29, 0.717) is 13.0 Å². The van der Waals surface area contributed by atoms with Gasteiger partial charge in [-0.25, -0.2) is 4.79 Å². The van der Waals surface area contributed by atoms with E-state index in [1.54, 1.807) is 14.2 Å². The average molecular weight is 599 g/mol. The van der Waals surface area contributed by atoms with Crippen LogP contribution in [0.25, 0.3) is 0 Å². The van der Waals surface area contributed by atoms with Gasteiger partial charge in [0.2, 0.25) is 5.79 Å². The molecule has 2 bridgehead atoms. The van der Waals surface area contributed by atoms with E-state index in [1.807, 2.05) is 20.8 Å². The molecule has 0 aromatic heterocycles. The Balaban J connectivity index is 2.25. The van der Waals surface area contributed by atoms with Crippen molar-refractivity contribution in [3.63, 3.8) is 0 Å². The van der Waals surface area contributed by atoms with E-state index < -0.39 is 26.1 Å². The zero-order valence-electron chi connectivity index (χ0n) is 14.1. The van der Waals surface area contributed by atoms with Gasteiger partial charge in [-0.2, -0.15) is 0 Å². The molecule has 0 aromatic rings. The SMILES string of the molecule is COC1(OC)[C@@]2(Br)C[C@H](CNC(=O)OC(C)(C)C)[C@]1(Br)C(Br)=C2Br. The summed E-state index contributed by atoms with van der Waals surface area (Å²) in [6.45, 7) is 5.92. The quantitative estimate of drug-likeness (QED) is 0.373. The van der Waals surface area contributed by atoms with E-state index in [0.717, 1.165) is 8.96 Å². The topological polar surface area (TPSA) is 56.8 Å². The summed E-state index contributed by atoms with van der Waals surface area (Å²) >= 11 is 14.9. The standard InChI is InChI=1S/C15H21Br4NO4/c1-12(2,3)24-11(21)20-7-8-6-13(18)9(16)10(17)14(8,19)15(13,22-4)23-5/h8H,6-7H2,1-5H3,(H,20,21)/t8-,13-,14+/m1/s1. The lowest BCUT2D eigenvalue weighted by atomic mass is 9.92. The lowest BCUT2D eigenvalue weighted by Gasteiger charge is -2.42. The van der Waals surface area contributed by atoms with Gasteiger partial charge < -0.3 is 19.5 Å². The van der Waals surface area contributed by atoms with E-state index in [4.69, 9.17) is 14.2 Å². The molecule has 0 radical (unpaired) electrons. The maximum atomic E-state index is 12.0. The summed E-state index contributed by atoms with van der Waals surface area (Å²) in [6, 6.07) is 0. The van der Waals surface area contributed by atoms with Crippen LogP contribution in [-0.4, -0.2) is 46.9 Å². The zero-order valence-corrected chi connectivity index (χ0v) is 20.5. The first-order valence-electron chi connectivity index (χ1n) is 7.41. The number of alkyl halides is 2. The average Bonchev–Trinajstić information content (AvgIpc) is 2.74. The van der Waals surface area contributed by atoms with Gasteiger partial charge in [0.15, 0.2) is 0 Å². The van der Waals surface area contributed by atoms with Crippen LogP contribution in [0.3, 0.4) is 0 Å². The number of fused-ring (bicyclic) bond motifs is 2. The maximum Gasteiger partial charge on any atom is 0.407 e. The number of nitrogens with one attached hydrogen (secondary N) is 1. The Morgan fingerprint density at radius 2 is 1.75 bits per heavy atom. The van der Waals surface area contributed by atoms with Crippen molar-refractivity contribution in [1.82, 2.24) is 5.32 Å². The van der Waals surface area contributed by atoms with Crippen molar-refractivity contribution in [1.29, 1.82) is 0 Å². The Labute approximate surface area is 176 Å². The molecule has 0 saturated heterocycles. The molecule has 1 amide bonds. The summed E-state index contributed by atoms with van der Waals surface area (Å²) in [5.41, 5.74) is -0.534. The molecule has 0 aromatic carbocycles. The molecule has 2 aliphatic carbocycles. The number of hydrogen-bond donors (Lipinski definition) is 1. The van der Waals surface area contributed by atoms with Gasteiger partial charge in [0.1, 0.15) is 14.2 Å². The van der Waals surface area contributed by atoms with E-state index in [-0.39, 0.29) is 5.92 Å². The molecule has 3 atom stereocenters. The van der Waals surface area contributed by atoms with Crippen LogP contribution in [0, 0.1) is 5.92 Å². The molecule has 2 rings (SSSR count). The second-order valence-electron chi connectivity index (χ2n) is 6.95. The molecule has 1 fully saturated rings. The van der Waals surface area contributed by atoms with Crippen LogP contribution >= 0.6 is 63.7 Å². The molecule has 1 N–H and O–H groups in total. The van der Waals surface area contributed by atoms with Crippen molar-refractivity contribution >= 4 is 69.8 Å². The van der Waals surface area contributed by atoms with Crippen LogP contribution in [0.15, 0.2) is 8.96 Å². The first-order chi connectivity index (χ1) is 10.9. The van der Waals surface area contributed by atoms with Gasteiger partial charge in [-0.15, -0.1) is 0 Å². The third-order valence-electron chi connectivity index (χ3n) is 4.42. The third kappa shape index (κ3) is 2.85. The smallest absolute Gasteiger partial charge is 0.407 e. The van der Waals surface area contributed by atoms with Crippen LogP contribution in [0.5, 0.6) is 0 Å². The third-order valence-corrected chi connectivity index (χ3v) is 10.9. The fourth-order valence-corrected chi connectivity index (χ4v) is 8.37. The number of hydrogen-bond acceptors (Lipinski definition) is 4. The number of alkyl carbamates (subject to hydrolysis) is 1. The summed E-state index contributed by atoms with van der Waals surface area (Å²) in [6.07, 6.45) is 0.260. The van der Waals surface area contributed by atoms with Crippen molar-refractivity contribution in [2.45, 2.75) is 47.2 Å². The Hall–Kier alpha value is 0.850. The lowest BCUT2D eigenvalue weighted by Crippen LogP contribution is -2.57. The fraction of sp³-hybridized carbons (Fsp3) is 0.800. The Morgan fingerprint density at radius 1 is 1.21 bits per heavy atom. The molecule has 0 aliphatic heterocycles. The van der Waals surface area contributed by atoms with Crippen molar-refractivity contribution in [2.75, 3.05) is 20.8 Å². The minimum Gasteiger partial charge on any atom is -0.444 e. The highest BCUT2D eigenvalue weighted by Gasteiger charge is 2.79. The summed E-state index contributed by atoms with van der Waals surface area (Å²) < 4.78 is 17.6. The number of methoxy groups -OCH3 is 2. The van der Waals surface area contributed by atoms with Crippen molar-refractivity contribution in [3.05, 3.63) is 8.96 Å². The van der Waals surface area contributed by atoms with Gasteiger partial charge in [0.05, 0.1) is 0 Å². The minimum atomic E-state index is -0.960. The van der Waals surface area contributed by atoms with Gasteiger partial charge >= 0.3 is 6.09 Å². The largest absolute Gasteiger partial charge is 0.444 e. The van der Waals surface area contributed by atoms with Gasteiger partial charge in [0, 0.05) is 35.6 Å². The molecule has 0 unspecified atom stereocenters. The van der Waals surface area contributed by atoms with Gasteiger partial charge in [0.25, 0.3) is 0 Å². The van der Waals surface area contributed by atoms with Crippen molar-refractivity contribution < 1.29 is 19.0 Å².